The molecule has 3 heterocycles. The van der Waals surface area contributed by atoms with E-state index < -0.39 is 0 Å². The summed E-state index contributed by atoms with van der Waals surface area (Å²) in [7, 11) is 0. The molecule has 0 amide bonds. The van der Waals surface area contributed by atoms with E-state index in [-0.39, 0.29) is 24.8 Å². The van der Waals surface area contributed by atoms with Gasteiger partial charge in [-0.3, -0.25) is 4.68 Å². The van der Waals surface area contributed by atoms with Crippen LogP contribution in [0.5, 0.6) is 0 Å². The number of benzene rings is 1. The number of hydrogen-bond donors (Lipinski definition) is 1. The summed E-state index contributed by atoms with van der Waals surface area (Å²) < 4.78 is 4.35. The van der Waals surface area contributed by atoms with E-state index in [0.717, 1.165) is 55.6 Å². The molecule has 0 atom stereocenters. The molecule has 28 heavy (non-hydrogen) atoms. The predicted octanol–water partition coefficient (Wildman–Crippen LogP) is 4.33. The zero-order valence-corrected chi connectivity index (χ0v) is 18.5. The van der Waals surface area contributed by atoms with Crippen LogP contribution in [0.25, 0.3) is 11.5 Å². The third-order valence-electron chi connectivity index (χ3n) is 4.83. The lowest BCUT2D eigenvalue weighted by molar-refractivity contribution is 0.587. The van der Waals surface area contributed by atoms with Gasteiger partial charge in [0.15, 0.2) is 5.82 Å². The molecular weight excluding hydrogens is 413 g/mol. The van der Waals surface area contributed by atoms with Gasteiger partial charge in [0, 0.05) is 43.5 Å². The second-order valence-corrected chi connectivity index (χ2v) is 7.80. The lowest BCUT2D eigenvalue weighted by Crippen LogP contribution is -2.11. The minimum atomic E-state index is 0. The van der Waals surface area contributed by atoms with E-state index in [9.17, 15) is 0 Å². The van der Waals surface area contributed by atoms with Gasteiger partial charge in [0.2, 0.25) is 0 Å². The molecule has 4 rings (SSSR count). The fraction of sp³-hybridized carbons (Fsp3) is 0.400. The van der Waals surface area contributed by atoms with E-state index in [1.807, 2.05) is 18.0 Å². The molecule has 1 aliphatic rings. The third kappa shape index (κ3) is 5.32. The molecule has 5 nitrogen and oxygen atoms in total. The minimum Gasteiger partial charge on any atom is -0.329 e. The highest BCUT2D eigenvalue weighted by atomic mass is 35.5. The van der Waals surface area contributed by atoms with Gasteiger partial charge in [-0.1, -0.05) is 24.3 Å². The second kappa shape index (κ2) is 10.9. The van der Waals surface area contributed by atoms with Crippen molar-refractivity contribution in [3.8, 4) is 11.5 Å². The number of aromatic nitrogens is 4. The summed E-state index contributed by atoms with van der Waals surface area (Å²) >= 11 is 1.97. The van der Waals surface area contributed by atoms with Crippen LogP contribution in [-0.2, 0) is 25.4 Å². The summed E-state index contributed by atoms with van der Waals surface area (Å²) in [5.41, 5.74) is 5.03. The van der Waals surface area contributed by atoms with Gasteiger partial charge in [0.05, 0.1) is 5.69 Å². The number of rotatable bonds is 6. The number of hydrogen-bond acceptors (Lipinski definition) is 4. The first kappa shape index (κ1) is 22.8. The van der Waals surface area contributed by atoms with Crippen LogP contribution in [0.2, 0.25) is 0 Å². The van der Waals surface area contributed by atoms with Crippen molar-refractivity contribution in [2.75, 3.05) is 12.3 Å². The van der Waals surface area contributed by atoms with Crippen molar-refractivity contribution < 1.29 is 0 Å². The van der Waals surface area contributed by atoms with E-state index >= 15 is 0 Å². The van der Waals surface area contributed by atoms with Gasteiger partial charge >= 0.3 is 0 Å². The van der Waals surface area contributed by atoms with Crippen molar-refractivity contribution in [3.05, 3.63) is 59.5 Å². The summed E-state index contributed by atoms with van der Waals surface area (Å²) in [5, 5.41) is 8.24. The highest BCUT2D eigenvalue weighted by molar-refractivity contribution is 7.98. The van der Waals surface area contributed by atoms with Gasteiger partial charge in [-0.05, 0) is 37.1 Å². The standard InChI is InChI=1S/C20H25N5S.2ClH/c1-16-5-2-3-6-17(16)15-26-12-11-24-10-8-22-20(24)19-13-18-14-21-7-4-9-25(18)23-19;;/h2-3,5-6,8,10,13,21H,4,7,9,11-12,14-15H2,1H3;2*1H. The van der Waals surface area contributed by atoms with Gasteiger partial charge in [0.25, 0.3) is 0 Å². The molecule has 1 aromatic carbocycles. The van der Waals surface area contributed by atoms with Crippen molar-refractivity contribution in [1.29, 1.82) is 0 Å². The number of thioether (sulfide) groups is 1. The highest BCUT2D eigenvalue weighted by Crippen LogP contribution is 2.21. The van der Waals surface area contributed by atoms with Crippen LogP contribution in [0.4, 0.5) is 0 Å². The van der Waals surface area contributed by atoms with Crippen LogP contribution in [0, 0.1) is 6.92 Å². The Labute approximate surface area is 183 Å². The molecule has 2 aromatic heterocycles. The Hall–Kier alpha value is -1.47. The Balaban J connectivity index is 0.00000140. The molecule has 8 heteroatoms. The molecule has 3 aromatic rings. The monoisotopic (exact) mass is 439 g/mol. The number of imidazole rings is 1. The maximum absolute atomic E-state index is 4.79. The quantitative estimate of drug-likeness (QED) is 0.580. The van der Waals surface area contributed by atoms with Crippen LogP contribution < -0.4 is 5.32 Å². The molecule has 0 radical (unpaired) electrons. The van der Waals surface area contributed by atoms with E-state index in [4.69, 9.17) is 5.10 Å². The number of aryl methyl sites for hydroxylation is 3. The average molecular weight is 440 g/mol. The van der Waals surface area contributed by atoms with E-state index in [0.29, 0.717) is 0 Å². The van der Waals surface area contributed by atoms with Crippen molar-refractivity contribution in [1.82, 2.24) is 24.6 Å². The van der Waals surface area contributed by atoms with Crippen molar-refractivity contribution in [3.63, 3.8) is 0 Å². The lowest BCUT2D eigenvalue weighted by Gasteiger charge is -2.08. The summed E-state index contributed by atoms with van der Waals surface area (Å²) in [5.74, 6) is 3.09. The summed E-state index contributed by atoms with van der Waals surface area (Å²) in [6.45, 7) is 6.06. The largest absolute Gasteiger partial charge is 0.329 e. The molecular formula is C20H27Cl2N5S. The molecule has 0 spiro atoms. The maximum Gasteiger partial charge on any atom is 0.160 e. The molecule has 1 aliphatic heterocycles. The fourth-order valence-electron chi connectivity index (χ4n) is 3.31. The van der Waals surface area contributed by atoms with E-state index in [1.165, 1.54) is 16.8 Å². The van der Waals surface area contributed by atoms with Crippen LogP contribution in [0.15, 0.2) is 42.7 Å². The van der Waals surface area contributed by atoms with Crippen molar-refractivity contribution in [2.24, 2.45) is 0 Å². The van der Waals surface area contributed by atoms with Gasteiger partial charge < -0.3 is 9.88 Å². The Kier molecular flexibility index (Phi) is 8.89. The van der Waals surface area contributed by atoms with Gasteiger partial charge in [-0.15, -0.1) is 24.8 Å². The average Bonchev–Trinajstić information content (AvgIpc) is 3.21. The van der Waals surface area contributed by atoms with Crippen LogP contribution in [0.3, 0.4) is 0 Å². The SMILES string of the molecule is Cc1ccccc1CSCCn1ccnc1-c1cc2n(n1)CCCNC2.Cl.Cl. The van der Waals surface area contributed by atoms with Crippen LogP contribution in [-0.4, -0.2) is 31.6 Å². The van der Waals surface area contributed by atoms with Gasteiger partial charge in [-0.25, -0.2) is 4.98 Å². The topological polar surface area (TPSA) is 47.7 Å². The molecule has 0 saturated heterocycles. The van der Waals surface area contributed by atoms with Gasteiger partial charge in [-0.2, -0.15) is 16.9 Å². The van der Waals surface area contributed by atoms with E-state index in [1.54, 1.807) is 0 Å². The number of nitrogens with zero attached hydrogens (tertiary/aromatic N) is 4. The summed E-state index contributed by atoms with van der Waals surface area (Å²) in [6, 6.07) is 10.8. The fourth-order valence-corrected chi connectivity index (χ4v) is 4.32. The first-order chi connectivity index (χ1) is 12.8. The Morgan fingerprint density at radius 3 is 2.93 bits per heavy atom. The molecule has 0 bridgehead atoms. The van der Waals surface area contributed by atoms with Crippen molar-refractivity contribution in [2.45, 2.75) is 38.7 Å². The summed E-state index contributed by atoms with van der Waals surface area (Å²) in [4.78, 5) is 4.56. The minimum absolute atomic E-state index is 0. The Morgan fingerprint density at radius 2 is 2.07 bits per heavy atom. The zero-order valence-electron chi connectivity index (χ0n) is 16.0. The first-order valence-electron chi connectivity index (χ1n) is 9.22. The Bertz CT molecular complexity index is 854. The molecule has 1 N–H and O–H groups in total. The summed E-state index contributed by atoms with van der Waals surface area (Å²) in [6.07, 6.45) is 5.06. The van der Waals surface area contributed by atoms with Crippen LogP contribution in [0.1, 0.15) is 23.2 Å². The molecule has 0 saturated carbocycles. The van der Waals surface area contributed by atoms with Gasteiger partial charge in [0.1, 0.15) is 5.69 Å². The molecule has 0 fully saturated rings. The molecule has 0 unspecified atom stereocenters. The molecule has 152 valence electrons. The van der Waals surface area contributed by atoms with Crippen LogP contribution >= 0.6 is 36.6 Å². The molecule has 0 aliphatic carbocycles. The highest BCUT2D eigenvalue weighted by Gasteiger charge is 2.15. The third-order valence-corrected chi connectivity index (χ3v) is 5.82. The smallest absolute Gasteiger partial charge is 0.160 e. The predicted molar refractivity (Wildman–Crippen MR) is 122 cm³/mol. The van der Waals surface area contributed by atoms with Crippen molar-refractivity contribution >= 4 is 36.6 Å². The number of halogens is 2. The maximum atomic E-state index is 4.79. The lowest BCUT2D eigenvalue weighted by atomic mass is 10.1. The number of nitrogens with one attached hydrogen (secondary N) is 1. The second-order valence-electron chi connectivity index (χ2n) is 6.70. The van der Waals surface area contributed by atoms with E-state index in [2.05, 4.69) is 63.0 Å². The normalized spacial score (nSPS) is 13.2. The first-order valence-corrected chi connectivity index (χ1v) is 10.4. The number of fused-ring (bicyclic) bond motifs is 1. The zero-order chi connectivity index (χ0) is 17.8. The Morgan fingerprint density at radius 1 is 1.21 bits per heavy atom.